The van der Waals surface area contributed by atoms with Crippen LogP contribution in [0.25, 0.3) is 5.76 Å². The van der Waals surface area contributed by atoms with Gasteiger partial charge in [0.15, 0.2) is 5.78 Å². The van der Waals surface area contributed by atoms with Crippen LogP contribution in [0.3, 0.4) is 0 Å². The number of amidine groups is 1. The van der Waals surface area contributed by atoms with E-state index in [2.05, 4.69) is 31.9 Å². The van der Waals surface area contributed by atoms with Gasteiger partial charge in [0.1, 0.15) is 11.6 Å². The summed E-state index contributed by atoms with van der Waals surface area (Å²) < 4.78 is 1.81. The lowest BCUT2D eigenvalue weighted by Crippen LogP contribution is -2.42. The van der Waals surface area contributed by atoms with E-state index in [0.717, 1.165) is 32.3 Å². The minimum Gasteiger partial charge on any atom is -0.507 e. The van der Waals surface area contributed by atoms with Crippen LogP contribution >= 0.6 is 31.9 Å². The normalized spacial score (nSPS) is 19.8. The number of benzene rings is 3. The number of aliphatic hydroxyl groups is 1. The van der Waals surface area contributed by atoms with Crippen molar-refractivity contribution in [2.75, 3.05) is 4.90 Å². The molecule has 1 atom stereocenters. The molecule has 0 spiro atoms. The Hall–Kier alpha value is -2.96. The Balaban J connectivity index is 1.83. The van der Waals surface area contributed by atoms with Gasteiger partial charge < -0.3 is 5.11 Å². The summed E-state index contributed by atoms with van der Waals surface area (Å²) in [5.41, 5.74) is 4.23. The number of Topliss-reactive ketones (excluding diaryl/α,β-unsaturated/α-hetero) is 1. The van der Waals surface area contributed by atoms with Gasteiger partial charge in [-0.2, -0.15) is 0 Å². The fraction of sp³-hybridized carbons (Fsp3) is 0.143. The van der Waals surface area contributed by atoms with Crippen LogP contribution in [0.5, 0.6) is 0 Å². The quantitative estimate of drug-likeness (QED) is 0.312. The van der Waals surface area contributed by atoms with Crippen molar-refractivity contribution in [1.82, 2.24) is 0 Å². The minimum absolute atomic E-state index is 0.0171. The number of anilines is 1. The summed E-state index contributed by atoms with van der Waals surface area (Å²) in [5, 5.41) is 20.9. The van der Waals surface area contributed by atoms with Crippen LogP contribution in [-0.4, -0.2) is 16.7 Å². The molecule has 0 saturated heterocycles. The van der Waals surface area contributed by atoms with Crippen molar-refractivity contribution < 1.29 is 9.90 Å². The van der Waals surface area contributed by atoms with Crippen LogP contribution in [-0.2, 0) is 4.79 Å². The Morgan fingerprint density at radius 3 is 2.35 bits per heavy atom. The predicted molar refractivity (Wildman–Crippen MR) is 143 cm³/mol. The van der Waals surface area contributed by atoms with Crippen molar-refractivity contribution in [3.63, 3.8) is 0 Å². The monoisotopic (exact) mass is 576 g/mol. The van der Waals surface area contributed by atoms with E-state index >= 15 is 0 Å². The molecule has 2 N–H and O–H groups in total. The van der Waals surface area contributed by atoms with Crippen molar-refractivity contribution >= 4 is 54.9 Å². The van der Waals surface area contributed by atoms with E-state index in [1.54, 1.807) is 0 Å². The van der Waals surface area contributed by atoms with E-state index in [9.17, 15) is 15.3 Å². The van der Waals surface area contributed by atoms with Gasteiger partial charge in [0.2, 0.25) is 0 Å². The zero-order chi connectivity index (χ0) is 23.8. The molecule has 0 unspecified atom stereocenters. The number of carbonyl (C=O) groups is 1. The van der Waals surface area contributed by atoms with E-state index in [1.807, 2.05) is 83.8 Å². The number of aliphatic hydroxyl groups excluding tert-OH is 1. The maximum absolute atomic E-state index is 13.5. The zero-order valence-corrected chi connectivity index (χ0v) is 21.4. The van der Waals surface area contributed by atoms with Crippen LogP contribution < -0.4 is 4.90 Å². The highest BCUT2D eigenvalue weighted by molar-refractivity contribution is 9.10. The summed E-state index contributed by atoms with van der Waals surface area (Å²) in [6, 6.07) is 24.8. The molecule has 170 valence electrons. The first kappa shape index (κ1) is 22.8. The first-order valence-corrected chi connectivity index (χ1v) is 12.7. The standard InChI is InChI=1S/C28H22Br2N2O2/c29-19-14-12-17(13-15-19)24-25-22(10-5-11-23(25)33)32(21-9-4-8-20(30)16-21)28(31)26(24)27(34)18-6-2-1-3-7-18/h1-4,6-9,12-16,24,31,34H,5,10-11H2/t24-/m1/s1. The maximum Gasteiger partial charge on any atom is 0.161 e. The second-order valence-electron chi connectivity index (χ2n) is 8.41. The Morgan fingerprint density at radius 2 is 1.65 bits per heavy atom. The number of carbonyl (C=O) groups excluding carboxylic acids is 1. The molecule has 1 aliphatic heterocycles. The van der Waals surface area contributed by atoms with Crippen molar-refractivity contribution in [2.24, 2.45) is 0 Å². The third kappa shape index (κ3) is 4.05. The van der Waals surface area contributed by atoms with E-state index in [-0.39, 0.29) is 17.4 Å². The van der Waals surface area contributed by atoms with Crippen LogP contribution in [0.15, 0.2) is 105 Å². The van der Waals surface area contributed by atoms with Gasteiger partial charge >= 0.3 is 0 Å². The van der Waals surface area contributed by atoms with Crippen LogP contribution in [0.4, 0.5) is 5.69 Å². The van der Waals surface area contributed by atoms with Crippen LogP contribution in [0, 0.1) is 5.41 Å². The predicted octanol–water partition coefficient (Wildman–Crippen LogP) is 7.77. The lowest BCUT2D eigenvalue weighted by atomic mass is 9.73. The summed E-state index contributed by atoms with van der Waals surface area (Å²) in [6.07, 6.45) is 1.90. The molecule has 3 aromatic rings. The Morgan fingerprint density at radius 1 is 0.912 bits per heavy atom. The molecule has 3 aromatic carbocycles. The lowest BCUT2D eigenvalue weighted by molar-refractivity contribution is -0.116. The van der Waals surface area contributed by atoms with Gasteiger partial charge in [-0.15, -0.1) is 0 Å². The smallest absolute Gasteiger partial charge is 0.161 e. The van der Waals surface area contributed by atoms with Gasteiger partial charge in [0.25, 0.3) is 0 Å². The maximum atomic E-state index is 13.5. The Labute approximate surface area is 215 Å². The fourth-order valence-electron chi connectivity index (χ4n) is 4.83. The summed E-state index contributed by atoms with van der Waals surface area (Å²) in [6.45, 7) is 0. The summed E-state index contributed by atoms with van der Waals surface area (Å²) in [4.78, 5) is 15.3. The molecule has 0 radical (unpaired) electrons. The largest absolute Gasteiger partial charge is 0.507 e. The molecule has 0 aromatic heterocycles. The van der Waals surface area contributed by atoms with E-state index < -0.39 is 5.92 Å². The topological polar surface area (TPSA) is 64.4 Å². The molecule has 0 amide bonds. The fourth-order valence-corrected chi connectivity index (χ4v) is 5.48. The highest BCUT2D eigenvalue weighted by Crippen LogP contribution is 2.48. The summed E-state index contributed by atoms with van der Waals surface area (Å²) in [5.74, 6) is -0.253. The van der Waals surface area contributed by atoms with Crippen LogP contribution in [0.2, 0.25) is 0 Å². The van der Waals surface area contributed by atoms with Crippen LogP contribution in [0.1, 0.15) is 36.3 Å². The lowest BCUT2D eigenvalue weighted by Gasteiger charge is -2.41. The second kappa shape index (κ2) is 9.35. The first-order chi connectivity index (χ1) is 16.5. The molecule has 4 nitrogen and oxygen atoms in total. The molecular weight excluding hydrogens is 556 g/mol. The average Bonchev–Trinajstić information content (AvgIpc) is 2.84. The Kier molecular flexibility index (Phi) is 6.28. The number of hydrogen-bond donors (Lipinski definition) is 2. The minimum atomic E-state index is -0.521. The summed E-state index contributed by atoms with van der Waals surface area (Å²) in [7, 11) is 0. The van der Waals surface area contributed by atoms with E-state index in [4.69, 9.17) is 0 Å². The highest BCUT2D eigenvalue weighted by atomic mass is 79.9. The molecule has 34 heavy (non-hydrogen) atoms. The van der Waals surface area contributed by atoms with Gasteiger partial charge in [-0.1, -0.05) is 80.4 Å². The van der Waals surface area contributed by atoms with Gasteiger partial charge in [-0.25, -0.2) is 0 Å². The number of ketones is 1. The molecular formula is C28H22Br2N2O2. The van der Waals surface area contributed by atoms with Crippen molar-refractivity contribution in [3.05, 3.63) is 116 Å². The first-order valence-electron chi connectivity index (χ1n) is 11.1. The van der Waals surface area contributed by atoms with Crippen molar-refractivity contribution in [2.45, 2.75) is 25.2 Å². The molecule has 1 aliphatic carbocycles. The van der Waals surface area contributed by atoms with Crippen molar-refractivity contribution in [3.8, 4) is 0 Å². The Bertz CT molecular complexity index is 1340. The van der Waals surface area contributed by atoms with Crippen molar-refractivity contribution in [1.29, 1.82) is 5.41 Å². The number of nitrogens with one attached hydrogen (secondary N) is 1. The molecule has 0 bridgehead atoms. The van der Waals surface area contributed by atoms with E-state index in [0.29, 0.717) is 29.6 Å². The second-order valence-corrected chi connectivity index (χ2v) is 10.2. The molecule has 2 aliphatic rings. The zero-order valence-electron chi connectivity index (χ0n) is 18.3. The number of rotatable bonds is 3. The third-order valence-electron chi connectivity index (χ3n) is 6.33. The summed E-state index contributed by atoms with van der Waals surface area (Å²) >= 11 is 7.03. The average molecular weight is 578 g/mol. The molecule has 0 saturated carbocycles. The molecule has 5 rings (SSSR count). The van der Waals surface area contributed by atoms with Gasteiger partial charge in [-0.05, 0) is 48.7 Å². The number of allylic oxidation sites excluding steroid dienone is 2. The SMILES string of the molecule is N=C1C(=C(O)c2ccccc2)[C@H](c2ccc(Br)cc2)C2=C(CCCC2=O)N1c1cccc(Br)c1. The van der Waals surface area contributed by atoms with Gasteiger partial charge in [0.05, 0.1) is 0 Å². The molecule has 1 heterocycles. The number of halogens is 2. The highest BCUT2D eigenvalue weighted by Gasteiger charge is 2.43. The number of hydrogen-bond acceptors (Lipinski definition) is 3. The number of nitrogens with zero attached hydrogens (tertiary/aromatic N) is 1. The van der Waals surface area contributed by atoms with Gasteiger partial charge in [-0.3, -0.25) is 15.1 Å². The van der Waals surface area contributed by atoms with Gasteiger partial charge in [0, 0.05) is 49.4 Å². The van der Waals surface area contributed by atoms with E-state index in [1.165, 1.54) is 0 Å². The molecule has 6 heteroatoms. The third-order valence-corrected chi connectivity index (χ3v) is 7.35. The molecule has 0 fully saturated rings.